The van der Waals surface area contributed by atoms with Crippen molar-refractivity contribution in [2.45, 2.75) is 38.8 Å². The molecule has 1 heterocycles. The van der Waals surface area contributed by atoms with Gasteiger partial charge in [-0.05, 0) is 19.1 Å². The molecule has 4 heteroatoms. The van der Waals surface area contributed by atoms with Crippen molar-refractivity contribution in [2.24, 2.45) is 0 Å². The Morgan fingerprint density at radius 2 is 1.47 bits per heavy atom. The summed E-state index contributed by atoms with van der Waals surface area (Å²) in [6.45, 7) is 8.24. The molecule has 0 N–H and O–H groups in total. The Labute approximate surface area is 95.0 Å². The fraction of sp³-hybridized carbons (Fsp3) is 1.00. The lowest BCUT2D eigenvalue weighted by Gasteiger charge is -2.34. The van der Waals surface area contributed by atoms with Gasteiger partial charge in [-0.1, -0.05) is 26.7 Å². The Balaban J connectivity index is 2.52. The summed E-state index contributed by atoms with van der Waals surface area (Å²) in [6.07, 6.45) is 2.37. The van der Waals surface area contributed by atoms with Crippen LogP contribution in [0.4, 0.5) is 0 Å². The van der Waals surface area contributed by atoms with E-state index in [0.29, 0.717) is 0 Å². The summed E-state index contributed by atoms with van der Waals surface area (Å²) in [5.41, 5.74) is 0. The molecule has 90 valence electrons. The minimum Gasteiger partial charge on any atom is -0.393 e. The smallest absolute Gasteiger partial charge is 0.338 e. The molecule has 1 saturated heterocycles. The summed E-state index contributed by atoms with van der Waals surface area (Å²) in [6, 6.07) is 2.31. The Hall–Kier alpha value is 0.0969. The van der Waals surface area contributed by atoms with E-state index in [1.165, 1.54) is 12.8 Å². The van der Waals surface area contributed by atoms with Gasteiger partial charge in [-0.25, -0.2) is 0 Å². The summed E-state index contributed by atoms with van der Waals surface area (Å²) in [7, 11) is 0.304. The normalized spacial score (nSPS) is 23.4. The number of hydrogen-bond donors (Lipinski definition) is 0. The van der Waals surface area contributed by atoms with Crippen molar-refractivity contribution < 1.29 is 8.85 Å². The van der Waals surface area contributed by atoms with Gasteiger partial charge in [0.05, 0.1) is 0 Å². The largest absolute Gasteiger partial charge is 0.393 e. The molecular formula is C11H25NO2Si. The molecule has 1 aliphatic heterocycles. The SMILES string of the molecule is CCC[Si]1(CCC)OCCN(C)CCO1. The summed E-state index contributed by atoms with van der Waals surface area (Å²) in [5.74, 6) is 0. The van der Waals surface area contributed by atoms with Gasteiger partial charge in [0.15, 0.2) is 0 Å². The summed E-state index contributed by atoms with van der Waals surface area (Å²) < 4.78 is 12.2. The standard InChI is InChI=1S/C11H25NO2Si/c1-4-10-15(11-5-2)13-8-6-12(3)7-9-14-15/h4-11H2,1-3H3. The summed E-state index contributed by atoms with van der Waals surface area (Å²) in [5, 5.41) is 0. The van der Waals surface area contributed by atoms with E-state index in [2.05, 4.69) is 25.8 Å². The molecular weight excluding hydrogens is 206 g/mol. The third-order valence-electron chi connectivity index (χ3n) is 2.94. The van der Waals surface area contributed by atoms with E-state index >= 15 is 0 Å². The Morgan fingerprint density at radius 3 is 1.87 bits per heavy atom. The van der Waals surface area contributed by atoms with E-state index in [1.54, 1.807) is 0 Å². The number of likely N-dealkylation sites (N-methyl/N-ethyl adjacent to an activating group) is 1. The lowest BCUT2D eigenvalue weighted by atomic mass is 10.5. The molecule has 0 spiro atoms. The maximum atomic E-state index is 6.10. The Morgan fingerprint density at radius 1 is 1.00 bits per heavy atom. The van der Waals surface area contributed by atoms with Gasteiger partial charge in [0.1, 0.15) is 0 Å². The van der Waals surface area contributed by atoms with Crippen LogP contribution in [0.5, 0.6) is 0 Å². The molecule has 0 bridgehead atoms. The van der Waals surface area contributed by atoms with Gasteiger partial charge in [-0.3, -0.25) is 0 Å². The molecule has 0 atom stereocenters. The minimum atomic E-state index is -1.82. The van der Waals surface area contributed by atoms with Crippen LogP contribution >= 0.6 is 0 Å². The van der Waals surface area contributed by atoms with Crippen LogP contribution in [0, 0.1) is 0 Å². The van der Waals surface area contributed by atoms with Crippen LogP contribution in [0.15, 0.2) is 0 Å². The molecule has 0 aromatic carbocycles. The lowest BCUT2D eigenvalue weighted by molar-refractivity contribution is 0.104. The van der Waals surface area contributed by atoms with E-state index in [0.717, 1.165) is 38.4 Å². The van der Waals surface area contributed by atoms with Gasteiger partial charge < -0.3 is 13.8 Å². The van der Waals surface area contributed by atoms with Gasteiger partial charge >= 0.3 is 8.56 Å². The van der Waals surface area contributed by atoms with Gasteiger partial charge in [0, 0.05) is 26.3 Å². The zero-order valence-corrected chi connectivity index (χ0v) is 11.4. The van der Waals surface area contributed by atoms with Crippen molar-refractivity contribution in [3.8, 4) is 0 Å². The molecule has 3 nitrogen and oxygen atoms in total. The second-order valence-corrected chi connectivity index (χ2v) is 7.81. The van der Waals surface area contributed by atoms with Crippen LogP contribution in [-0.4, -0.2) is 46.8 Å². The van der Waals surface area contributed by atoms with Crippen molar-refractivity contribution in [2.75, 3.05) is 33.4 Å². The first-order valence-electron chi connectivity index (χ1n) is 6.19. The number of nitrogens with zero attached hydrogens (tertiary/aromatic N) is 1. The second-order valence-electron chi connectivity index (χ2n) is 4.41. The first-order valence-corrected chi connectivity index (χ1v) is 8.42. The van der Waals surface area contributed by atoms with E-state index in [-0.39, 0.29) is 0 Å². The highest BCUT2D eigenvalue weighted by Gasteiger charge is 2.36. The molecule has 0 aromatic heterocycles. The average molecular weight is 231 g/mol. The topological polar surface area (TPSA) is 21.7 Å². The third kappa shape index (κ3) is 4.22. The predicted octanol–water partition coefficient (Wildman–Crippen LogP) is 2.23. The van der Waals surface area contributed by atoms with Gasteiger partial charge in [-0.15, -0.1) is 0 Å². The number of hydrogen-bond acceptors (Lipinski definition) is 3. The van der Waals surface area contributed by atoms with Crippen molar-refractivity contribution in [3.63, 3.8) is 0 Å². The minimum absolute atomic E-state index is 0.850. The highest BCUT2D eigenvalue weighted by atomic mass is 28.4. The molecule has 0 unspecified atom stereocenters. The fourth-order valence-corrected chi connectivity index (χ4v) is 5.46. The van der Waals surface area contributed by atoms with Crippen molar-refractivity contribution in [1.29, 1.82) is 0 Å². The molecule has 15 heavy (non-hydrogen) atoms. The van der Waals surface area contributed by atoms with Crippen molar-refractivity contribution >= 4 is 8.56 Å². The average Bonchev–Trinajstić information content (AvgIpc) is 2.16. The maximum Gasteiger partial charge on any atom is 0.338 e. The monoisotopic (exact) mass is 231 g/mol. The molecule has 0 aliphatic carbocycles. The Kier molecular flexibility index (Phi) is 5.82. The molecule has 0 amide bonds. The van der Waals surface area contributed by atoms with Gasteiger partial charge in [-0.2, -0.15) is 0 Å². The summed E-state index contributed by atoms with van der Waals surface area (Å²) >= 11 is 0. The number of rotatable bonds is 4. The third-order valence-corrected chi connectivity index (χ3v) is 6.92. The molecule has 1 fully saturated rings. The quantitative estimate of drug-likeness (QED) is 0.693. The van der Waals surface area contributed by atoms with Crippen LogP contribution in [0.1, 0.15) is 26.7 Å². The van der Waals surface area contributed by atoms with Crippen LogP contribution in [0.25, 0.3) is 0 Å². The maximum absolute atomic E-state index is 6.10. The molecule has 1 rings (SSSR count). The van der Waals surface area contributed by atoms with Crippen LogP contribution in [0.3, 0.4) is 0 Å². The zero-order valence-electron chi connectivity index (χ0n) is 10.4. The van der Waals surface area contributed by atoms with Crippen LogP contribution in [-0.2, 0) is 8.85 Å². The van der Waals surface area contributed by atoms with Crippen LogP contribution in [0.2, 0.25) is 12.1 Å². The molecule has 1 aliphatic rings. The van der Waals surface area contributed by atoms with E-state index in [4.69, 9.17) is 8.85 Å². The Bertz CT molecular complexity index is 160. The van der Waals surface area contributed by atoms with E-state index in [1.807, 2.05) is 0 Å². The lowest BCUT2D eigenvalue weighted by Crippen LogP contribution is -2.47. The zero-order chi connectivity index (χ0) is 11.1. The first kappa shape index (κ1) is 13.2. The first-order chi connectivity index (χ1) is 7.22. The van der Waals surface area contributed by atoms with E-state index in [9.17, 15) is 0 Å². The van der Waals surface area contributed by atoms with Gasteiger partial charge in [0.2, 0.25) is 0 Å². The highest BCUT2D eigenvalue weighted by Crippen LogP contribution is 2.23. The van der Waals surface area contributed by atoms with Crippen molar-refractivity contribution in [3.05, 3.63) is 0 Å². The summed E-state index contributed by atoms with van der Waals surface area (Å²) in [4.78, 5) is 2.27. The second kappa shape index (κ2) is 6.63. The fourth-order valence-electron chi connectivity index (χ4n) is 2.10. The highest BCUT2D eigenvalue weighted by molar-refractivity contribution is 6.67. The van der Waals surface area contributed by atoms with Gasteiger partial charge in [0.25, 0.3) is 0 Å². The molecule has 0 radical (unpaired) electrons. The molecule has 0 saturated carbocycles. The molecule has 0 aromatic rings. The predicted molar refractivity (Wildman–Crippen MR) is 65.4 cm³/mol. The van der Waals surface area contributed by atoms with Crippen LogP contribution < -0.4 is 0 Å². The van der Waals surface area contributed by atoms with E-state index < -0.39 is 8.56 Å². The van der Waals surface area contributed by atoms with Crippen molar-refractivity contribution in [1.82, 2.24) is 4.90 Å².